The molecule has 9 heteroatoms. The minimum atomic E-state index is -4.58. The molecule has 0 aliphatic carbocycles. The number of phosphoric ester groups is 1. The average Bonchev–Trinajstić information content (AvgIpc) is 3.26. The Morgan fingerprint density at radius 2 is 0.938 bits per heavy atom. The zero-order valence-electron chi connectivity index (χ0n) is 42.1. The van der Waals surface area contributed by atoms with Crippen molar-refractivity contribution in [3.8, 4) is 0 Å². The number of carbonyl (C=O) groups excluding carboxylic acids is 1. The van der Waals surface area contributed by atoms with Crippen molar-refractivity contribution in [1.82, 2.24) is 5.32 Å². The normalized spacial score (nSPS) is 15.0. The minimum absolute atomic E-state index is 0.00182. The molecule has 0 heterocycles. The Kier molecular flexibility index (Phi) is 44.3. The lowest BCUT2D eigenvalue weighted by Gasteiger charge is -2.30. The highest BCUT2D eigenvalue weighted by Gasteiger charge is 2.24. The van der Waals surface area contributed by atoms with Crippen molar-refractivity contribution in [2.24, 2.45) is 0 Å². The highest BCUT2D eigenvalue weighted by atomic mass is 31.2. The fraction of sp³-hybridized carbons (Fsp3) is 0.661. The first-order chi connectivity index (χ1) is 31.5. The van der Waals surface area contributed by atoms with Crippen molar-refractivity contribution in [3.05, 3.63) is 109 Å². The largest absolute Gasteiger partial charge is 0.756 e. The van der Waals surface area contributed by atoms with Gasteiger partial charge in [-0.2, -0.15) is 0 Å². The number of likely N-dealkylation sites (N-methyl/N-ethyl adjacent to an activating group) is 1. The second-order valence-corrected chi connectivity index (χ2v) is 19.6. The number of unbranched alkanes of at least 4 members (excludes halogenated alkanes) is 14. The molecule has 3 atom stereocenters. The van der Waals surface area contributed by atoms with E-state index in [1.807, 2.05) is 21.1 Å². The Labute approximate surface area is 400 Å². The number of carbonyl (C=O) groups is 1. The van der Waals surface area contributed by atoms with E-state index in [1.165, 1.54) is 44.9 Å². The van der Waals surface area contributed by atoms with Gasteiger partial charge in [0.2, 0.25) is 5.91 Å². The Balaban J connectivity index is 4.20. The number of quaternary nitrogens is 1. The Bertz CT molecular complexity index is 1420. The number of aliphatic hydroxyl groups is 1. The van der Waals surface area contributed by atoms with Crippen molar-refractivity contribution < 1.29 is 32.9 Å². The van der Waals surface area contributed by atoms with E-state index in [4.69, 9.17) is 9.05 Å². The molecule has 0 aromatic heterocycles. The average molecular weight is 925 g/mol. The Morgan fingerprint density at radius 3 is 1.37 bits per heavy atom. The molecule has 0 aliphatic heterocycles. The van der Waals surface area contributed by atoms with Crippen LogP contribution in [0.5, 0.6) is 0 Å². The summed E-state index contributed by atoms with van der Waals surface area (Å²) in [4.78, 5) is 25.4. The number of allylic oxidation sites excluding steroid dienone is 18. The summed E-state index contributed by atoms with van der Waals surface area (Å²) in [6.45, 7) is 4.55. The summed E-state index contributed by atoms with van der Waals surface area (Å²) in [7, 11) is 1.27. The minimum Gasteiger partial charge on any atom is -0.756 e. The molecule has 0 fully saturated rings. The molecular weight excluding hydrogens is 828 g/mol. The monoisotopic (exact) mass is 925 g/mol. The lowest BCUT2D eigenvalue weighted by Crippen LogP contribution is -2.46. The van der Waals surface area contributed by atoms with Crippen molar-refractivity contribution in [3.63, 3.8) is 0 Å². The van der Waals surface area contributed by atoms with E-state index < -0.39 is 20.0 Å². The predicted molar refractivity (Wildman–Crippen MR) is 279 cm³/mol. The molecule has 0 aromatic carbocycles. The lowest BCUT2D eigenvalue weighted by molar-refractivity contribution is -0.870. The molecule has 372 valence electrons. The molecule has 0 radical (unpaired) electrons. The summed E-state index contributed by atoms with van der Waals surface area (Å²) < 4.78 is 23.2. The van der Waals surface area contributed by atoms with Crippen LogP contribution in [-0.2, 0) is 18.4 Å². The van der Waals surface area contributed by atoms with Gasteiger partial charge in [-0.3, -0.25) is 9.36 Å². The van der Waals surface area contributed by atoms with Crippen LogP contribution in [0.15, 0.2) is 109 Å². The number of aliphatic hydroxyl groups excluding tert-OH is 1. The maximum Gasteiger partial charge on any atom is 0.268 e. The number of hydrogen-bond acceptors (Lipinski definition) is 6. The number of amides is 1. The molecule has 3 unspecified atom stereocenters. The smallest absolute Gasteiger partial charge is 0.268 e. The summed E-state index contributed by atoms with van der Waals surface area (Å²) in [5.41, 5.74) is 0. The highest BCUT2D eigenvalue weighted by Crippen LogP contribution is 2.38. The van der Waals surface area contributed by atoms with Crippen LogP contribution in [0, 0.1) is 0 Å². The van der Waals surface area contributed by atoms with Gasteiger partial charge < -0.3 is 28.8 Å². The quantitative estimate of drug-likeness (QED) is 0.0273. The topological polar surface area (TPSA) is 108 Å². The standard InChI is InChI=1S/C56H97N2O6P/c1-6-8-10-12-14-16-18-19-20-21-22-23-24-25-26-27-28-29-30-31-32-33-34-35-36-37-38-39-40-42-44-46-48-50-56(60)57-54(53-64-65(61,62)63-52-51-58(3,4)5)55(59)49-47-45-43-41-17-15-13-11-9-7-2/h8,10,14,16,19-20,22-23,25-26,28-29,31-32,34-35,37-38,54-55,59H,6-7,9,11-13,15,17-18,21,24,27,30,33,36,39-53H2,1-5H3,(H-,57,60,61,62)/b10-8-,16-14-,20-19-,23-22-,26-25-,29-28-,32-31-,35-34-,38-37-. The van der Waals surface area contributed by atoms with Crippen LogP contribution < -0.4 is 10.2 Å². The molecular formula is C56H97N2O6P. The van der Waals surface area contributed by atoms with Crippen LogP contribution in [0.1, 0.15) is 187 Å². The molecule has 65 heavy (non-hydrogen) atoms. The van der Waals surface area contributed by atoms with Gasteiger partial charge in [-0.05, 0) is 83.5 Å². The van der Waals surface area contributed by atoms with Gasteiger partial charge in [0.25, 0.3) is 7.82 Å². The molecule has 2 N–H and O–H groups in total. The summed E-state index contributed by atoms with van der Waals surface area (Å²) in [6, 6.07) is -0.817. The molecule has 0 aliphatic rings. The van der Waals surface area contributed by atoms with Gasteiger partial charge >= 0.3 is 0 Å². The third kappa shape index (κ3) is 48.9. The molecule has 0 spiro atoms. The fourth-order valence-corrected chi connectivity index (χ4v) is 7.46. The van der Waals surface area contributed by atoms with Gasteiger partial charge in [0.05, 0.1) is 39.9 Å². The van der Waals surface area contributed by atoms with Crippen LogP contribution in [-0.4, -0.2) is 68.5 Å². The van der Waals surface area contributed by atoms with Crippen LogP contribution in [0.3, 0.4) is 0 Å². The summed E-state index contributed by atoms with van der Waals surface area (Å²) in [5, 5.41) is 13.9. The van der Waals surface area contributed by atoms with E-state index in [1.54, 1.807) is 0 Å². The zero-order chi connectivity index (χ0) is 47.8. The SMILES string of the molecule is CC/C=C\C/C=C\C/C=C\C/C=C\C/C=C\C/C=C\C/C=C\C/C=C\C/C=C\CCCCCCCC(=O)NC(COP(=O)([O-])OCC[N+](C)(C)C)C(O)CCCCCCCCCCCC. The third-order valence-corrected chi connectivity index (χ3v) is 11.7. The van der Waals surface area contributed by atoms with Gasteiger partial charge in [0.15, 0.2) is 0 Å². The molecule has 0 bridgehead atoms. The number of hydrogen-bond donors (Lipinski definition) is 2. The molecule has 0 saturated heterocycles. The van der Waals surface area contributed by atoms with Crippen molar-refractivity contribution in [1.29, 1.82) is 0 Å². The lowest BCUT2D eigenvalue weighted by atomic mass is 10.0. The first kappa shape index (κ1) is 62.2. The van der Waals surface area contributed by atoms with Crippen molar-refractivity contribution in [2.75, 3.05) is 40.9 Å². The number of nitrogens with zero attached hydrogens (tertiary/aromatic N) is 1. The van der Waals surface area contributed by atoms with Crippen molar-refractivity contribution in [2.45, 2.75) is 199 Å². The van der Waals surface area contributed by atoms with Gasteiger partial charge in [0.1, 0.15) is 13.2 Å². The first-order valence-electron chi connectivity index (χ1n) is 25.7. The van der Waals surface area contributed by atoms with Gasteiger partial charge in [-0.15, -0.1) is 0 Å². The van der Waals surface area contributed by atoms with E-state index in [2.05, 4.69) is 129 Å². The van der Waals surface area contributed by atoms with Crippen LogP contribution in [0.4, 0.5) is 0 Å². The van der Waals surface area contributed by atoms with Gasteiger partial charge in [-0.1, -0.05) is 207 Å². The Hall–Kier alpha value is -2.84. The van der Waals surface area contributed by atoms with E-state index in [0.717, 1.165) is 116 Å². The zero-order valence-corrected chi connectivity index (χ0v) is 43.0. The summed E-state index contributed by atoms with van der Waals surface area (Å²) in [5.74, 6) is -0.191. The second kappa shape index (κ2) is 46.3. The molecule has 0 saturated carbocycles. The van der Waals surface area contributed by atoms with Crippen LogP contribution in [0.25, 0.3) is 0 Å². The highest BCUT2D eigenvalue weighted by molar-refractivity contribution is 7.45. The fourth-order valence-electron chi connectivity index (χ4n) is 6.74. The summed E-state index contributed by atoms with van der Waals surface area (Å²) in [6.07, 6.45) is 66.9. The Morgan fingerprint density at radius 1 is 0.554 bits per heavy atom. The van der Waals surface area contributed by atoms with Crippen LogP contribution >= 0.6 is 7.82 Å². The van der Waals surface area contributed by atoms with Crippen molar-refractivity contribution >= 4 is 13.7 Å². The molecule has 0 rings (SSSR count). The van der Waals surface area contributed by atoms with Gasteiger partial charge in [0, 0.05) is 6.42 Å². The van der Waals surface area contributed by atoms with E-state index >= 15 is 0 Å². The van der Waals surface area contributed by atoms with E-state index in [0.29, 0.717) is 23.9 Å². The third-order valence-electron chi connectivity index (χ3n) is 10.8. The maximum atomic E-state index is 12.9. The first-order valence-corrected chi connectivity index (χ1v) is 27.2. The summed E-state index contributed by atoms with van der Waals surface area (Å²) >= 11 is 0. The second-order valence-electron chi connectivity index (χ2n) is 18.1. The molecule has 0 aromatic rings. The number of nitrogens with one attached hydrogen (secondary N) is 1. The maximum absolute atomic E-state index is 12.9. The van der Waals surface area contributed by atoms with E-state index in [-0.39, 0.29) is 19.1 Å². The predicted octanol–water partition coefficient (Wildman–Crippen LogP) is 14.6. The molecule has 8 nitrogen and oxygen atoms in total. The number of phosphoric acid groups is 1. The van der Waals surface area contributed by atoms with Gasteiger partial charge in [-0.25, -0.2) is 0 Å². The van der Waals surface area contributed by atoms with E-state index in [9.17, 15) is 19.4 Å². The van der Waals surface area contributed by atoms with Crippen LogP contribution in [0.2, 0.25) is 0 Å². The number of rotatable bonds is 45. The molecule has 1 amide bonds.